The molecule has 0 aliphatic rings. The Labute approximate surface area is 171 Å². The second-order valence-electron chi connectivity index (χ2n) is 1.75. The van der Waals surface area contributed by atoms with E-state index in [1.54, 1.807) is 0 Å². The van der Waals surface area contributed by atoms with Crippen molar-refractivity contribution in [2.75, 3.05) is 6.61 Å². The standard InChI is InChI=1S/C2H3Cl3O.2Ca.H4O7P2/c3-2(4,5)1-6;;;1-8(2,3)7-9(4,5)6/h6H,1H2;;;(H2,1,2,3)(H2,4,5,6)/q;2*+2;/p-4. The Hall–Kier alpha value is 3.61. The summed E-state index contributed by atoms with van der Waals surface area (Å²) in [5.74, 6) is 0. The number of halogens is 3. The van der Waals surface area contributed by atoms with Crippen molar-refractivity contribution >= 4 is 126 Å². The Morgan fingerprint density at radius 1 is 1.00 bits per heavy atom. The fourth-order valence-electron chi connectivity index (χ4n) is 0.122. The summed E-state index contributed by atoms with van der Waals surface area (Å²) in [6.07, 6.45) is 0. The molecule has 0 radical (unpaired) electrons. The van der Waals surface area contributed by atoms with E-state index in [0.29, 0.717) is 0 Å². The summed E-state index contributed by atoms with van der Waals surface area (Å²) in [6.45, 7) is -0.433. The fourth-order valence-corrected chi connectivity index (χ4v) is 1.10. The number of aliphatic hydroxyl groups excluding tert-OH is 1. The first-order valence-corrected chi connectivity index (χ1v) is 6.75. The second kappa shape index (κ2) is 12.2. The van der Waals surface area contributed by atoms with Gasteiger partial charge in [0.25, 0.3) is 0 Å². The van der Waals surface area contributed by atoms with Crippen LogP contribution in [0.15, 0.2) is 0 Å². The van der Waals surface area contributed by atoms with E-state index >= 15 is 0 Å². The predicted molar refractivity (Wildman–Crippen MR) is 55.2 cm³/mol. The van der Waals surface area contributed by atoms with Crippen LogP contribution in [0.5, 0.6) is 0 Å². The van der Waals surface area contributed by atoms with Crippen LogP contribution in [0.3, 0.4) is 0 Å². The smallest absolute Gasteiger partial charge is 0.790 e. The van der Waals surface area contributed by atoms with Gasteiger partial charge < -0.3 is 38.1 Å². The summed E-state index contributed by atoms with van der Waals surface area (Å²) in [7, 11) is -11.4. The molecule has 0 amide bonds. The van der Waals surface area contributed by atoms with E-state index in [-0.39, 0.29) is 75.5 Å². The van der Waals surface area contributed by atoms with Gasteiger partial charge in [0.15, 0.2) is 0 Å². The van der Waals surface area contributed by atoms with Gasteiger partial charge in [-0.2, -0.15) is 0 Å². The van der Waals surface area contributed by atoms with Gasteiger partial charge >= 0.3 is 75.5 Å². The summed E-state index contributed by atoms with van der Waals surface area (Å²) >= 11 is 15.0. The molecule has 0 aromatic carbocycles. The Morgan fingerprint density at radius 2 is 1.18 bits per heavy atom. The number of hydrogen-bond acceptors (Lipinski definition) is 8. The third kappa shape index (κ3) is 38.2. The first-order valence-electron chi connectivity index (χ1n) is 2.70. The van der Waals surface area contributed by atoms with E-state index in [0.717, 1.165) is 0 Å². The predicted octanol–water partition coefficient (Wildman–Crippen LogP) is -2.75. The molecule has 8 nitrogen and oxygen atoms in total. The van der Waals surface area contributed by atoms with Gasteiger partial charge in [-0.25, -0.2) is 0 Å². The summed E-state index contributed by atoms with van der Waals surface area (Å²) in [4.78, 5) is 37.3. The first-order chi connectivity index (χ1) is 6.27. The van der Waals surface area contributed by atoms with Crippen molar-refractivity contribution in [1.82, 2.24) is 0 Å². The van der Waals surface area contributed by atoms with Gasteiger partial charge in [-0.1, -0.05) is 34.8 Å². The third-order valence-corrected chi connectivity index (χ3v) is 2.34. The van der Waals surface area contributed by atoms with Crippen LogP contribution in [0.4, 0.5) is 0 Å². The van der Waals surface area contributed by atoms with Crippen molar-refractivity contribution in [3.8, 4) is 0 Å². The molecule has 0 aliphatic heterocycles. The quantitative estimate of drug-likeness (QED) is 0.295. The normalized spacial score (nSPS) is 11.5. The molecule has 0 saturated heterocycles. The molecule has 0 fully saturated rings. The van der Waals surface area contributed by atoms with Gasteiger partial charge in [-0.3, -0.25) is 0 Å². The Kier molecular flexibility index (Phi) is 20.6. The number of hydrogen-bond donors (Lipinski definition) is 1. The Balaban J connectivity index is -0.0000000945. The SMILES string of the molecule is O=P([O-])([O-])OP(=O)([O-])[O-].OCC(Cl)(Cl)Cl.[Ca+2].[Ca+2]. The van der Waals surface area contributed by atoms with Crippen molar-refractivity contribution in [2.24, 2.45) is 0 Å². The van der Waals surface area contributed by atoms with Crippen LogP contribution >= 0.6 is 50.4 Å². The van der Waals surface area contributed by atoms with E-state index in [4.69, 9.17) is 39.9 Å². The number of phosphoric acid groups is 2. The summed E-state index contributed by atoms with van der Waals surface area (Å²) < 4.78 is 19.7. The molecule has 0 unspecified atom stereocenters. The van der Waals surface area contributed by atoms with E-state index in [2.05, 4.69) is 4.31 Å². The molecule has 0 rings (SSSR count). The number of alkyl halides is 3. The van der Waals surface area contributed by atoms with Gasteiger partial charge in [-0.05, 0) is 0 Å². The van der Waals surface area contributed by atoms with Crippen LogP contribution < -0.4 is 19.6 Å². The summed E-state index contributed by atoms with van der Waals surface area (Å²) in [5.41, 5.74) is 0. The van der Waals surface area contributed by atoms with Gasteiger partial charge in [-0.15, -0.1) is 0 Å². The van der Waals surface area contributed by atoms with Crippen molar-refractivity contribution in [1.29, 1.82) is 0 Å². The maximum Gasteiger partial charge on any atom is 2.00 e. The minimum absolute atomic E-state index is 0. The number of rotatable bonds is 2. The molecule has 0 aliphatic carbocycles. The summed E-state index contributed by atoms with van der Waals surface area (Å²) in [5, 5.41) is 8.01. The molecule has 0 aromatic heterocycles. The maximum atomic E-state index is 9.32. The largest absolute Gasteiger partial charge is 2.00 e. The average molecular weight is 404 g/mol. The summed E-state index contributed by atoms with van der Waals surface area (Å²) in [6, 6.07) is 0. The molecule has 0 heterocycles. The zero-order valence-corrected chi connectivity index (χ0v) is 16.4. The molecule has 0 saturated carbocycles. The molecule has 0 bridgehead atoms. The van der Waals surface area contributed by atoms with Crippen molar-refractivity contribution in [2.45, 2.75) is 3.79 Å². The molecule has 0 atom stereocenters. The average Bonchev–Trinajstić information content (AvgIpc) is 1.78. The topological polar surface area (TPSA) is 156 Å². The minimum Gasteiger partial charge on any atom is -0.790 e. The van der Waals surface area contributed by atoms with Crippen LogP contribution in [0, 0.1) is 0 Å². The van der Waals surface area contributed by atoms with E-state index in [1.807, 2.05) is 0 Å². The van der Waals surface area contributed by atoms with Crippen LogP contribution in [-0.2, 0) is 13.4 Å². The third-order valence-electron chi connectivity index (χ3n) is 0.379. The molecule has 0 aromatic rings. The molecule has 15 heteroatoms. The molecule has 0 spiro atoms. The van der Waals surface area contributed by atoms with Gasteiger partial charge in [0.2, 0.25) is 3.79 Å². The first kappa shape index (κ1) is 28.7. The fraction of sp³-hybridized carbons (Fsp3) is 1.00. The van der Waals surface area contributed by atoms with Crippen LogP contribution in [-0.4, -0.2) is 91.0 Å². The van der Waals surface area contributed by atoms with Gasteiger partial charge in [0.05, 0.1) is 22.3 Å². The molecular formula is C2H3Ca2Cl3O8P2. The Bertz CT molecular complexity index is 250. The van der Waals surface area contributed by atoms with E-state index in [9.17, 15) is 28.7 Å². The van der Waals surface area contributed by atoms with Crippen molar-refractivity contribution < 1.29 is 38.1 Å². The minimum atomic E-state index is -5.68. The van der Waals surface area contributed by atoms with Crippen molar-refractivity contribution in [3.05, 3.63) is 0 Å². The zero-order chi connectivity index (χ0) is 12.9. The van der Waals surface area contributed by atoms with Crippen LogP contribution in [0.1, 0.15) is 0 Å². The molecule has 94 valence electrons. The molecular weight excluding hydrogens is 400 g/mol. The zero-order valence-electron chi connectivity index (χ0n) is 7.95. The van der Waals surface area contributed by atoms with Crippen LogP contribution in [0.2, 0.25) is 0 Å². The maximum absolute atomic E-state index is 9.32. The Morgan fingerprint density at radius 3 is 1.18 bits per heavy atom. The monoisotopic (exact) mass is 402 g/mol. The molecule has 17 heavy (non-hydrogen) atoms. The van der Waals surface area contributed by atoms with E-state index < -0.39 is 26.0 Å². The van der Waals surface area contributed by atoms with Crippen LogP contribution in [0.25, 0.3) is 0 Å². The van der Waals surface area contributed by atoms with Crippen molar-refractivity contribution in [3.63, 3.8) is 0 Å². The van der Waals surface area contributed by atoms with E-state index in [1.165, 1.54) is 0 Å². The van der Waals surface area contributed by atoms with Gasteiger partial charge in [0, 0.05) is 0 Å². The molecule has 1 N–H and O–H groups in total. The number of aliphatic hydroxyl groups is 1. The second-order valence-corrected chi connectivity index (χ2v) is 6.71. The van der Waals surface area contributed by atoms with Gasteiger partial charge in [0.1, 0.15) is 0 Å².